The van der Waals surface area contributed by atoms with Gasteiger partial charge >= 0.3 is 0 Å². The highest BCUT2D eigenvalue weighted by Crippen LogP contribution is 2.69. The number of hydrogen-bond donors (Lipinski definition) is 2. The lowest BCUT2D eigenvalue weighted by Crippen LogP contribution is -2.82. The standard InChI is InChI=1S/C28H31BrN2O4S/c1-4-12-31-13-11-27-24-17-5-7-20(32)25(24)35-26(27,2)21(9-10-28(27,34)22(31)14-17)30(3)23(33)8-6-19-15-18(29)16-36-19/h4-8,15-16,21-22,32,34H,1,9-14H2,2-3H3/b8-6+/t21?,22-,26?,27+,28-/m1/s1. The molecule has 1 aromatic heterocycles. The van der Waals surface area contributed by atoms with Gasteiger partial charge in [0.1, 0.15) is 5.60 Å². The van der Waals surface area contributed by atoms with Gasteiger partial charge in [-0.25, -0.2) is 0 Å². The Balaban J connectivity index is 1.44. The Labute approximate surface area is 224 Å². The second kappa shape index (κ2) is 8.18. The first-order chi connectivity index (χ1) is 17.2. The van der Waals surface area contributed by atoms with E-state index in [4.69, 9.17) is 4.74 Å². The molecule has 6 rings (SSSR count). The van der Waals surface area contributed by atoms with E-state index < -0.39 is 16.6 Å². The lowest BCUT2D eigenvalue weighted by Gasteiger charge is -2.67. The molecule has 1 aromatic carbocycles. The molecule has 2 bridgehead atoms. The highest BCUT2D eigenvalue weighted by Gasteiger charge is 2.78. The van der Waals surface area contributed by atoms with E-state index in [1.165, 1.54) is 0 Å². The average molecular weight is 572 g/mol. The van der Waals surface area contributed by atoms with Crippen LogP contribution in [0.15, 0.2) is 46.8 Å². The van der Waals surface area contributed by atoms with E-state index in [-0.39, 0.29) is 23.7 Å². The summed E-state index contributed by atoms with van der Waals surface area (Å²) in [6.07, 6.45) is 7.91. The fourth-order valence-corrected chi connectivity index (χ4v) is 9.19. The number of carbonyl (C=O) groups excluding carboxylic acids is 1. The molecule has 2 aliphatic heterocycles. The molecule has 2 N–H and O–H groups in total. The summed E-state index contributed by atoms with van der Waals surface area (Å²) in [6, 6.07) is 5.32. The van der Waals surface area contributed by atoms with E-state index in [1.54, 1.807) is 28.4 Å². The molecule has 1 saturated heterocycles. The van der Waals surface area contributed by atoms with E-state index in [2.05, 4.69) is 27.4 Å². The number of benzene rings is 1. The molecular formula is C28H31BrN2O4S. The third kappa shape index (κ3) is 2.98. The second-order valence-electron chi connectivity index (χ2n) is 10.7. The predicted molar refractivity (Wildman–Crippen MR) is 144 cm³/mol. The van der Waals surface area contributed by atoms with Crippen LogP contribution in [-0.2, 0) is 16.6 Å². The molecule has 6 nitrogen and oxygen atoms in total. The molecule has 3 heterocycles. The van der Waals surface area contributed by atoms with Crippen LogP contribution < -0.4 is 4.74 Å². The van der Waals surface area contributed by atoms with Crippen LogP contribution in [-0.4, -0.2) is 69.3 Å². The Kier molecular flexibility index (Phi) is 5.51. The van der Waals surface area contributed by atoms with Crippen LogP contribution in [0, 0.1) is 0 Å². The Morgan fingerprint density at radius 1 is 1.42 bits per heavy atom. The minimum atomic E-state index is -1.03. The maximum absolute atomic E-state index is 13.4. The Hall–Kier alpha value is -2.13. The quantitative estimate of drug-likeness (QED) is 0.409. The van der Waals surface area contributed by atoms with E-state index in [0.29, 0.717) is 38.0 Å². The minimum Gasteiger partial charge on any atom is -0.504 e. The highest BCUT2D eigenvalue weighted by molar-refractivity contribution is 9.10. The van der Waals surface area contributed by atoms with Gasteiger partial charge in [-0.05, 0) is 72.3 Å². The topological polar surface area (TPSA) is 73.2 Å². The van der Waals surface area contributed by atoms with Crippen molar-refractivity contribution in [3.8, 4) is 11.5 Å². The number of aromatic hydroxyl groups is 1. The van der Waals surface area contributed by atoms with Crippen molar-refractivity contribution in [3.05, 3.63) is 62.8 Å². The fourth-order valence-electron chi connectivity index (χ4n) is 7.85. The first-order valence-electron chi connectivity index (χ1n) is 12.5. The molecule has 1 amide bonds. The first-order valence-corrected chi connectivity index (χ1v) is 14.1. The van der Waals surface area contributed by atoms with Gasteiger partial charge in [-0.3, -0.25) is 9.69 Å². The molecule has 0 radical (unpaired) electrons. The summed E-state index contributed by atoms with van der Waals surface area (Å²) < 4.78 is 7.73. The molecule has 2 aliphatic carbocycles. The number of likely N-dealkylation sites (N-methyl/N-ethyl adjacent to an activating group) is 1. The maximum atomic E-state index is 13.4. The Bertz CT molecular complexity index is 1290. The van der Waals surface area contributed by atoms with Crippen LogP contribution in [0.3, 0.4) is 0 Å². The number of halogens is 1. The van der Waals surface area contributed by atoms with Crippen LogP contribution in [0.1, 0.15) is 42.2 Å². The Morgan fingerprint density at radius 3 is 2.94 bits per heavy atom. The molecular weight excluding hydrogens is 540 g/mol. The van der Waals surface area contributed by atoms with Crippen molar-refractivity contribution < 1.29 is 19.7 Å². The number of aliphatic hydroxyl groups is 1. The number of likely N-dealkylation sites (tertiary alicyclic amines) is 1. The number of phenolic OH excluding ortho intramolecular Hbond substituents is 1. The molecule has 8 heteroatoms. The van der Waals surface area contributed by atoms with Gasteiger partial charge in [-0.1, -0.05) is 12.1 Å². The number of hydrogen-bond acceptors (Lipinski definition) is 6. The van der Waals surface area contributed by atoms with Crippen LogP contribution in [0.2, 0.25) is 0 Å². The van der Waals surface area contributed by atoms with Gasteiger partial charge in [0.25, 0.3) is 0 Å². The number of nitrogens with zero attached hydrogens (tertiary/aromatic N) is 2. The summed E-state index contributed by atoms with van der Waals surface area (Å²) in [7, 11) is 1.83. The third-order valence-corrected chi connectivity index (χ3v) is 11.0. The van der Waals surface area contributed by atoms with Gasteiger partial charge in [0.2, 0.25) is 5.91 Å². The van der Waals surface area contributed by atoms with E-state index in [0.717, 1.165) is 27.0 Å². The summed E-state index contributed by atoms with van der Waals surface area (Å²) in [5.41, 5.74) is -0.573. The number of amides is 1. The largest absolute Gasteiger partial charge is 0.504 e. The first kappa shape index (κ1) is 24.2. The number of ether oxygens (including phenoxy) is 1. The van der Waals surface area contributed by atoms with Crippen LogP contribution in [0.25, 0.3) is 6.08 Å². The number of piperidine rings is 1. The minimum absolute atomic E-state index is 0.0747. The van der Waals surface area contributed by atoms with E-state index >= 15 is 0 Å². The highest BCUT2D eigenvalue weighted by atomic mass is 79.9. The van der Waals surface area contributed by atoms with E-state index in [9.17, 15) is 15.0 Å². The molecule has 2 fully saturated rings. The summed E-state index contributed by atoms with van der Waals surface area (Å²) >= 11 is 5.03. The van der Waals surface area contributed by atoms with Crippen molar-refractivity contribution in [2.24, 2.45) is 0 Å². The fraction of sp³-hybridized carbons (Fsp3) is 0.464. The van der Waals surface area contributed by atoms with Crippen molar-refractivity contribution >= 4 is 39.2 Å². The summed E-state index contributed by atoms with van der Waals surface area (Å²) in [5, 5.41) is 25.5. The van der Waals surface area contributed by atoms with Gasteiger partial charge in [0.15, 0.2) is 11.5 Å². The zero-order chi connectivity index (χ0) is 25.5. The average Bonchev–Trinajstić information content (AvgIpc) is 3.38. The number of phenols is 1. The summed E-state index contributed by atoms with van der Waals surface area (Å²) in [5.74, 6) is 0.479. The zero-order valence-electron chi connectivity index (χ0n) is 20.5. The summed E-state index contributed by atoms with van der Waals surface area (Å²) in [4.78, 5) is 18.5. The lowest BCUT2D eigenvalue weighted by molar-refractivity contribution is -0.227. The molecule has 36 heavy (non-hydrogen) atoms. The molecule has 1 spiro atoms. The van der Waals surface area contributed by atoms with Gasteiger partial charge in [-0.2, -0.15) is 0 Å². The van der Waals surface area contributed by atoms with Crippen molar-refractivity contribution in [1.29, 1.82) is 0 Å². The SMILES string of the molecule is C=CCN1CC[C@]23c4c5ccc(O)c4OC2(C)C(N(C)C(=O)/C=C/c2cc(Br)cs2)CC[C@@]3(O)[C@H]1C5. The zero-order valence-corrected chi connectivity index (χ0v) is 22.9. The van der Waals surface area contributed by atoms with Gasteiger partial charge in [0, 0.05) is 52.5 Å². The number of carbonyl (C=O) groups is 1. The monoisotopic (exact) mass is 570 g/mol. The van der Waals surface area contributed by atoms with Crippen molar-refractivity contribution in [2.75, 3.05) is 20.1 Å². The lowest BCUT2D eigenvalue weighted by atomic mass is 9.44. The normalized spacial score (nSPS) is 34.3. The smallest absolute Gasteiger partial charge is 0.246 e. The number of rotatable bonds is 5. The van der Waals surface area contributed by atoms with Crippen LogP contribution >= 0.6 is 27.3 Å². The van der Waals surface area contributed by atoms with E-state index in [1.807, 2.05) is 43.6 Å². The van der Waals surface area contributed by atoms with Gasteiger partial charge < -0.3 is 19.8 Å². The second-order valence-corrected chi connectivity index (χ2v) is 12.6. The molecule has 2 aromatic rings. The maximum Gasteiger partial charge on any atom is 0.246 e. The molecule has 5 atom stereocenters. The van der Waals surface area contributed by atoms with Crippen molar-refractivity contribution in [2.45, 2.75) is 61.3 Å². The van der Waals surface area contributed by atoms with Gasteiger partial charge in [-0.15, -0.1) is 17.9 Å². The molecule has 2 unspecified atom stereocenters. The molecule has 4 aliphatic rings. The molecule has 190 valence electrons. The Morgan fingerprint density at radius 2 is 2.22 bits per heavy atom. The summed E-state index contributed by atoms with van der Waals surface area (Å²) in [6.45, 7) is 7.49. The van der Waals surface area contributed by atoms with Gasteiger partial charge in [0.05, 0.1) is 17.1 Å². The molecule has 1 saturated carbocycles. The van der Waals surface area contributed by atoms with Crippen molar-refractivity contribution in [3.63, 3.8) is 0 Å². The van der Waals surface area contributed by atoms with Crippen molar-refractivity contribution in [1.82, 2.24) is 9.80 Å². The third-order valence-electron chi connectivity index (χ3n) is 9.32. The number of thiophene rings is 1. The van der Waals surface area contributed by atoms with Crippen LogP contribution in [0.4, 0.5) is 0 Å². The van der Waals surface area contributed by atoms with Crippen LogP contribution in [0.5, 0.6) is 11.5 Å². The predicted octanol–water partition coefficient (Wildman–Crippen LogP) is 4.49.